The fourth-order valence-corrected chi connectivity index (χ4v) is 2.69. The number of amides is 1. The lowest BCUT2D eigenvalue weighted by atomic mass is 10.1. The molecule has 2 aromatic rings. The number of Topliss-reactive ketones (excluding diaryl/α,β-unsaturated/α-hetero) is 1. The molecule has 0 aliphatic carbocycles. The number of thiophene rings is 1. The second-order valence-corrected chi connectivity index (χ2v) is 4.88. The number of hydrogen-bond acceptors (Lipinski definition) is 5. The standard InChI is InChI=1S/C13H10N2O3S/c1-7-9(6-14)13(19-11(7)8(2)16)15-12(17)10-4-3-5-18-10/h3-5H,1-2H3,(H,15,17). The van der Waals surface area contributed by atoms with Gasteiger partial charge >= 0.3 is 0 Å². The Labute approximate surface area is 113 Å². The quantitative estimate of drug-likeness (QED) is 0.872. The Balaban J connectivity index is 2.36. The van der Waals surface area contributed by atoms with E-state index in [4.69, 9.17) is 9.68 Å². The molecule has 6 heteroatoms. The maximum atomic E-state index is 11.8. The molecule has 0 aliphatic heterocycles. The first-order valence-electron chi connectivity index (χ1n) is 5.44. The van der Waals surface area contributed by atoms with Crippen molar-refractivity contribution in [3.05, 3.63) is 40.2 Å². The fraction of sp³-hybridized carbons (Fsp3) is 0.154. The molecule has 0 spiro atoms. The minimum Gasteiger partial charge on any atom is -0.459 e. The molecule has 0 bridgehead atoms. The summed E-state index contributed by atoms with van der Waals surface area (Å²) in [5.74, 6) is -0.422. The number of furan rings is 1. The molecule has 2 rings (SSSR count). The van der Waals surface area contributed by atoms with Crippen molar-refractivity contribution in [2.75, 3.05) is 5.32 Å². The Morgan fingerprint density at radius 3 is 2.74 bits per heavy atom. The Hall–Kier alpha value is -2.39. The number of nitrogens with one attached hydrogen (secondary N) is 1. The van der Waals surface area contributed by atoms with Crippen molar-refractivity contribution in [1.29, 1.82) is 5.26 Å². The zero-order valence-electron chi connectivity index (χ0n) is 10.3. The molecule has 2 aromatic heterocycles. The van der Waals surface area contributed by atoms with Crippen LogP contribution >= 0.6 is 11.3 Å². The molecule has 0 aromatic carbocycles. The van der Waals surface area contributed by atoms with Gasteiger partial charge in [-0.25, -0.2) is 0 Å². The third kappa shape index (κ3) is 2.41. The summed E-state index contributed by atoms with van der Waals surface area (Å²) in [4.78, 5) is 23.8. The van der Waals surface area contributed by atoms with Crippen molar-refractivity contribution in [3.8, 4) is 6.07 Å². The number of carbonyl (C=O) groups excluding carboxylic acids is 2. The molecule has 0 aliphatic rings. The van der Waals surface area contributed by atoms with Crippen LogP contribution < -0.4 is 5.32 Å². The molecule has 5 nitrogen and oxygen atoms in total. The number of nitrogens with zero attached hydrogens (tertiary/aromatic N) is 1. The van der Waals surface area contributed by atoms with E-state index in [2.05, 4.69) is 5.32 Å². The topological polar surface area (TPSA) is 83.1 Å². The fourth-order valence-electron chi connectivity index (χ4n) is 1.64. The van der Waals surface area contributed by atoms with Crippen LogP contribution in [-0.4, -0.2) is 11.7 Å². The molecule has 0 saturated heterocycles. The molecule has 0 unspecified atom stereocenters. The van der Waals surface area contributed by atoms with Crippen LogP contribution in [0.15, 0.2) is 22.8 Å². The maximum absolute atomic E-state index is 11.8. The summed E-state index contributed by atoms with van der Waals surface area (Å²) in [6, 6.07) is 5.12. The molecule has 96 valence electrons. The van der Waals surface area contributed by atoms with Gasteiger partial charge in [0, 0.05) is 0 Å². The van der Waals surface area contributed by atoms with Crippen molar-refractivity contribution in [2.45, 2.75) is 13.8 Å². The number of rotatable bonds is 3. The van der Waals surface area contributed by atoms with Crippen LogP contribution in [0, 0.1) is 18.3 Å². The third-order valence-corrected chi connectivity index (χ3v) is 3.86. The lowest BCUT2D eigenvalue weighted by molar-refractivity contribution is 0.0994. The van der Waals surface area contributed by atoms with E-state index >= 15 is 0 Å². The average Bonchev–Trinajstić information content (AvgIpc) is 2.97. The van der Waals surface area contributed by atoms with E-state index in [0.29, 0.717) is 21.0 Å². The largest absolute Gasteiger partial charge is 0.459 e. The van der Waals surface area contributed by atoms with Crippen LogP contribution in [0.1, 0.15) is 38.3 Å². The number of nitriles is 1. The zero-order chi connectivity index (χ0) is 14.0. The Morgan fingerprint density at radius 1 is 1.47 bits per heavy atom. The van der Waals surface area contributed by atoms with Crippen LogP contribution in [0.4, 0.5) is 5.00 Å². The summed E-state index contributed by atoms with van der Waals surface area (Å²) >= 11 is 1.10. The molecule has 0 radical (unpaired) electrons. The lowest BCUT2D eigenvalue weighted by Gasteiger charge is -1.99. The van der Waals surface area contributed by atoms with Gasteiger partial charge in [0.2, 0.25) is 0 Å². The van der Waals surface area contributed by atoms with Gasteiger partial charge < -0.3 is 9.73 Å². The van der Waals surface area contributed by atoms with Crippen LogP contribution in [-0.2, 0) is 0 Å². The van der Waals surface area contributed by atoms with Crippen LogP contribution in [0.5, 0.6) is 0 Å². The molecular formula is C13H10N2O3S. The molecular weight excluding hydrogens is 264 g/mol. The summed E-state index contributed by atoms with van der Waals surface area (Å²) < 4.78 is 4.97. The van der Waals surface area contributed by atoms with E-state index in [1.165, 1.54) is 19.3 Å². The van der Waals surface area contributed by atoms with E-state index < -0.39 is 5.91 Å². The molecule has 19 heavy (non-hydrogen) atoms. The highest BCUT2D eigenvalue weighted by Gasteiger charge is 2.20. The van der Waals surface area contributed by atoms with Crippen molar-refractivity contribution >= 4 is 28.0 Å². The summed E-state index contributed by atoms with van der Waals surface area (Å²) in [5.41, 5.74) is 0.907. The van der Waals surface area contributed by atoms with Crippen molar-refractivity contribution in [2.24, 2.45) is 0 Å². The molecule has 0 fully saturated rings. The van der Waals surface area contributed by atoms with Gasteiger partial charge in [-0.2, -0.15) is 5.26 Å². The highest BCUT2D eigenvalue weighted by molar-refractivity contribution is 7.18. The van der Waals surface area contributed by atoms with Gasteiger partial charge in [0.05, 0.1) is 16.7 Å². The monoisotopic (exact) mass is 274 g/mol. The smallest absolute Gasteiger partial charge is 0.291 e. The molecule has 2 heterocycles. The van der Waals surface area contributed by atoms with Gasteiger partial charge in [0.15, 0.2) is 11.5 Å². The second kappa shape index (κ2) is 5.08. The van der Waals surface area contributed by atoms with Crippen LogP contribution in [0.2, 0.25) is 0 Å². The van der Waals surface area contributed by atoms with E-state index in [-0.39, 0.29) is 11.5 Å². The number of anilines is 1. The first kappa shape index (κ1) is 13.1. The normalized spacial score (nSPS) is 9.95. The van der Waals surface area contributed by atoms with E-state index in [1.807, 2.05) is 6.07 Å². The van der Waals surface area contributed by atoms with Gasteiger partial charge in [-0.05, 0) is 31.5 Å². The molecule has 0 saturated carbocycles. The Morgan fingerprint density at radius 2 is 2.21 bits per heavy atom. The molecule has 1 N–H and O–H groups in total. The SMILES string of the molecule is CC(=O)c1sc(NC(=O)c2ccco2)c(C#N)c1C. The average molecular weight is 274 g/mol. The summed E-state index contributed by atoms with van der Waals surface area (Å²) in [6.45, 7) is 3.12. The van der Waals surface area contributed by atoms with E-state index in [9.17, 15) is 9.59 Å². The minimum atomic E-state index is -0.446. The van der Waals surface area contributed by atoms with Gasteiger partial charge in [-0.1, -0.05) is 0 Å². The van der Waals surface area contributed by atoms with Gasteiger partial charge in [0.1, 0.15) is 11.1 Å². The van der Waals surface area contributed by atoms with Crippen LogP contribution in [0.3, 0.4) is 0 Å². The van der Waals surface area contributed by atoms with Gasteiger partial charge in [-0.15, -0.1) is 11.3 Å². The highest BCUT2D eigenvalue weighted by Crippen LogP contribution is 2.33. The molecule has 0 atom stereocenters. The summed E-state index contributed by atoms with van der Waals surface area (Å²) in [7, 11) is 0. The minimum absolute atomic E-state index is 0.127. The zero-order valence-corrected chi connectivity index (χ0v) is 11.1. The number of ketones is 1. The Kier molecular flexibility index (Phi) is 3.49. The Bertz CT molecular complexity index is 678. The van der Waals surface area contributed by atoms with E-state index in [1.54, 1.807) is 13.0 Å². The third-order valence-electron chi connectivity index (χ3n) is 2.55. The van der Waals surface area contributed by atoms with Gasteiger partial charge in [0.25, 0.3) is 5.91 Å². The van der Waals surface area contributed by atoms with Crippen molar-refractivity contribution in [1.82, 2.24) is 0 Å². The first-order chi connectivity index (χ1) is 9.04. The molecule has 1 amide bonds. The van der Waals surface area contributed by atoms with Crippen LogP contribution in [0.25, 0.3) is 0 Å². The predicted molar refractivity (Wildman–Crippen MR) is 70.4 cm³/mol. The predicted octanol–water partition coefficient (Wildman–Crippen LogP) is 2.98. The maximum Gasteiger partial charge on any atom is 0.291 e. The highest BCUT2D eigenvalue weighted by atomic mass is 32.1. The summed E-state index contributed by atoms with van der Waals surface area (Å²) in [6.07, 6.45) is 1.39. The number of carbonyl (C=O) groups is 2. The summed E-state index contributed by atoms with van der Waals surface area (Å²) in [5, 5.41) is 12.1. The lowest BCUT2D eigenvalue weighted by Crippen LogP contribution is -2.10. The first-order valence-corrected chi connectivity index (χ1v) is 6.25. The second-order valence-electron chi connectivity index (χ2n) is 3.86. The van der Waals surface area contributed by atoms with E-state index in [0.717, 1.165) is 11.3 Å². The van der Waals surface area contributed by atoms with Crippen molar-refractivity contribution < 1.29 is 14.0 Å². The number of hydrogen-bond donors (Lipinski definition) is 1. The van der Waals surface area contributed by atoms with Gasteiger partial charge in [-0.3, -0.25) is 9.59 Å². The van der Waals surface area contributed by atoms with Crippen molar-refractivity contribution in [3.63, 3.8) is 0 Å².